The Hall–Kier alpha value is -1.33. The number of hydrogen-bond donors (Lipinski definition) is 2. The Morgan fingerprint density at radius 3 is 2.81 bits per heavy atom. The van der Waals surface area contributed by atoms with Gasteiger partial charge < -0.3 is 19.9 Å². The number of methoxy groups -OCH3 is 1. The lowest BCUT2D eigenvalue weighted by Crippen LogP contribution is -2.42. The second-order valence-corrected chi connectivity index (χ2v) is 6.06. The van der Waals surface area contributed by atoms with Gasteiger partial charge in [-0.05, 0) is 44.0 Å². The number of nitrogens with zero attached hydrogens (tertiary/aromatic N) is 1. The first-order chi connectivity index (χ1) is 10.1. The van der Waals surface area contributed by atoms with Crippen LogP contribution in [0.3, 0.4) is 0 Å². The molecular formula is C16H27N3O2. The third-order valence-corrected chi connectivity index (χ3v) is 4.18. The fourth-order valence-electron chi connectivity index (χ4n) is 2.81. The van der Waals surface area contributed by atoms with Gasteiger partial charge in [-0.25, -0.2) is 0 Å². The monoisotopic (exact) mass is 293 g/mol. The summed E-state index contributed by atoms with van der Waals surface area (Å²) in [4.78, 5) is 12.6. The summed E-state index contributed by atoms with van der Waals surface area (Å²) >= 11 is 0. The fourth-order valence-corrected chi connectivity index (χ4v) is 2.81. The van der Waals surface area contributed by atoms with E-state index in [0.29, 0.717) is 18.6 Å². The third kappa shape index (κ3) is 4.08. The quantitative estimate of drug-likeness (QED) is 0.841. The molecule has 1 amide bonds. The van der Waals surface area contributed by atoms with Gasteiger partial charge in [0.1, 0.15) is 5.69 Å². The SMILES string of the molecule is COCC(NC(=O)c1cccn1C1CCNCC1)C(C)C. The molecule has 1 fully saturated rings. The number of aromatic nitrogens is 1. The maximum Gasteiger partial charge on any atom is 0.268 e. The van der Waals surface area contributed by atoms with Crippen molar-refractivity contribution in [2.45, 2.75) is 38.8 Å². The van der Waals surface area contributed by atoms with Crippen molar-refractivity contribution in [3.05, 3.63) is 24.0 Å². The number of rotatable bonds is 6. The van der Waals surface area contributed by atoms with E-state index >= 15 is 0 Å². The molecule has 2 heterocycles. The lowest BCUT2D eigenvalue weighted by Gasteiger charge is -2.27. The predicted molar refractivity (Wildman–Crippen MR) is 83.5 cm³/mol. The second kappa shape index (κ2) is 7.61. The summed E-state index contributed by atoms with van der Waals surface area (Å²) in [5, 5.41) is 6.46. The molecule has 21 heavy (non-hydrogen) atoms. The lowest BCUT2D eigenvalue weighted by molar-refractivity contribution is 0.0854. The zero-order valence-electron chi connectivity index (χ0n) is 13.3. The van der Waals surface area contributed by atoms with Crippen molar-refractivity contribution in [3.63, 3.8) is 0 Å². The number of hydrogen-bond acceptors (Lipinski definition) is 3. The zero-order chi connectivity index (χ0) is 15.2. The highest BCUT2D eigenvalue weighted by atomic mass is 16.5. The van der Waals surface area contributed by atoms with Crippen molar-refractivity contribution < 1.29 is 9.53 Å². The van der Waals surface area contributed by atoms with Crippen LogP contribution in [0, 0.1) is 5.92 Å². The molecule has 0 aliphatic carbocycles. The van der Waals surface area contributed by atoms with Crippen LogP contribution in [0.15, 0.2) is 18.3 Å². The summed E-state index contributed by atoms with van der Waals surface area (Å²) in [5.41, 5.74) is 0.753. The molecule has 2 N–H and O–H groups in total. The van der Waals surface area contributed by atoms with Gasteiger partial charge in [0.05, 0.1) is 12.6 Å². The Labute approximate surface area is 127 Å². The highest BCUT2D eigenvalue weighted by molar-refractivity contribution is 5.93. The van der Waals surface area contributed by atoms with E-state index in [0.717, 1.165) is 31.6 Å². The fraction of sp³-hybridized carbons (Fsp3) is 0.688. The van der Waals surface area contributed by atoms with Crippen LogP contribution in [0.4, 0.5) is 0 Å². The van der Waals surface area contributed by atoms with Gasteiger partial charge in [-0.3, -0.25) is 4.79 Å². The first-order valence-corrected chi connectivity index (χ1v) is 7.80. The molecule has 0 bridgehead atoms. The molecule has 0 aromatic carbocycles. The molecule has 1 aromatic heterocycles. The van der Waals surface area contributed by atoms with E-state index in [2.05, 4.69) is 29.0 Å². The molecule has 1 aromatic rings. The van der Waals surface area contributed by atoms with Crippen LogP contribution < -0.4 is 10.6 Å². The van der Waals surface area contributed by atoms with E-state index < -0.39 is 0 Å². The molecule has 118 valence electrons. The van der Waals surface area contributed by atoms with Crippen LogP contribution in [0.5, 0.6) is 0 Å². The summed E-state index contributed by atoms with van der Waals surface area (Å²) in [6.45, 7) is 6.76. The lowest BCUT2D eigenvalue weighted by atomic mass is 10.0. The molecule has 1 aliphatic rings. The van der Waals surface area contributed by atoms with Crippen LogP contribution in [-0.4, -0.2) is 43.3 Å². The van der Waals surface area contributed by atoms with Gasteiger partial charge in [0, 0.05) is 19.3 Å². The number of carbonyl (C=O) groups is 1. The minimum absolute atomic E-state index is 0.00529. The Bertz CT molecular complexity index is 450. The Morgan fingerprint density at radius 2 is 2.19 bits per heavy atom. The summed E-state index contributed by atoms with van der Waals surface area (Å²) < 4.78 is 7.33. The standard InChI is InChI=1S/C16H27N3O2/c1-12(2)14(11-21-3)18-16(20)15-5-4-10-19(15)13-6-8-17-9-7-13/h4-5,10,12-14,17H,6-9,11H2,1-3H3,(H,18,20). The van der Waals surface area contributed by atoms with Gasteiger partial charge in [0.2, 0.25) is 0 Å². The number of ether oxygens (including phenoxy) is 1. The molecule has 2 rings (SSSR count). The molecule has 5 heteroatoms. The van der Waals surface area contributed by atoms with Gasteiger partial charge in [0.15, 0.2) is 0 Å². The van der Waals surface area contributed by atoms with Crippen molar-refractivity contribution >= 4 is 5.91 Å². The van der Waals surface area contributed by atoms with E-state index in [-0.39, 0.29) is 11.9 Å². The van der Waals surface area contributed by atoms with Crippen molar-refractivity contribution in [2.24, 2.45) is 5.92 Å². The maximum atomic E-state index is 12.6. The molecule has 1 unspecified atom stereocenters. The Morgan fingerprint density at radius 1 is 1.48 bits per heavy atom. The molecule has 0 radical (unpaired) electrons. The number of amides is 1. The minimum atomic E-state index is -0.00529. The van der Waals surface area contributed by atoms with Gasteiger partial charge >= 0.3 is 0 Å². The normalized spacial score (nSPS) is 17.9. The van der Waals surface area contributed by atoms with Gasteiger partial charge in [0.25, 0.3) is 5.91 Å². The highest BCUT2D eigenvalue weighted by Gasteiger charge is 2.22. The van der Waals surface area contributed by atoms with Crippen molar-refractivity contribution in [2.75, 3.05) is 26.8 Å². The van der Waals surface area contributed by atoms with Crippen LogP contribution in [0.25, 0.3) is 0 Å². The van der Waals surface area contributed by atoms with Crippen LogP contribution >= 0.6 is 0 Å². The number of nitrogens with one attached hydrogen (secondary N) is 2. The molecule has 1 saturated heterocycles. The Kier molecular flexibility index (Phi) is 5.82. The first kappa shape index (κ1) is 16.0. The van der Waals surface area contributed by atoms with Crippen LogP contribution in [-0.2, 0) is 4.74 Å². The maximum absolute atomic E-state index is 12.6. The zero-order valence-corrected chi connectivity index (χ0v) is 13.3. The predicted octanol–water partition coefficient (Wildman–Crippen LogP) is 1.81. The number of piperidine rings is 1. The largest absolute Gasteiger partial charge is 0.383 e. The molecule has 1 aliphatic heterocycles. The van der Waals surface area contributed by atoms with E-state index in [1.165, 1.54) is 0 Å². The van der Waals surface area contributed by atoms with Crippen LogP contribution in [0.1, 0.15) is 43.2 Å². The molecule has 0 spiro atoms. The van der Waals surface area contributed by atoms with E-state index in [1.807, 2.05) is 18.3 Å². The summed E-state index contributed by atoms with van der Waals surface area (Å²) in [7, 11) is 1.67. The first-order valence-electron chi connectivity index (χ1n) is 7.80. The smallest absolute Gasteiger partial charge is 0.268 e. The summed E-state index contributed by atoms with van der Waals surface area (Å²) in [5.74, 6) is 0.338. The average molecular weight is 293 g/mol. The Balaban J connectivity index is 2.07. The highest BCUT2D eigenvalue weighted by Crippen LogP contribution is 2.21. The van der Waals surface area contributed by atoms with Crippen molar-refractivity contribution in [3.8, 4) is 0 Å². The van der Waals surface area contributed by atoms with Crippen molar-refractivity contribution in [1.29, 1.82) is 0 Å². The van der Waals surface area contributed by atoms with Crippen molar-refractivity contribution in [1.82, 2.24) is 15.2 Å². The van der Waals surface area contributed by atoms with E-state index in [9.17, 15) is 4.79 Å². The topological polar surface area (TPSA) is 55.3 Å². The summed E-state index contributed by atoms with van der Waals surface area (Å²) in [6.07, 6.45) is 4.16. The van der Waals surface area contributed by atoms with E-state index in [1.54, 1.807) is 7.11 Å². The van der Waals surface area contributed by atoms with Crippen LogP contribution in [0.2, 0.25) is 0 Å². The van der Waals surface area contributed by atoms with Gasteiger partial charge in [-0.2, -0.15) is 0 Å². The molecule has 5 nitrogen and oxygen atoms in total. The molecular weight excluding hydrogens is 266 g/mol. The molecule has 1 atom stereocenters. The van der Waals surface area contributed by atoms with Gasteiger partial charge in [-0.15, -0.1) is 0 Å². The molecule has 0 saturated carbocycles. The van der Waals surface area contributed by atoms with E-state index in [4.69, 9.17) is 4.74 Å². The minimum Gasteiger partial charge on any atom is -0.383 e. The number of carbonyl (C=O) groups excluding carboxylic acids is 1. The van der Waals surface area contributed by atoms with Gasteiger partial charge in [-0.1, -0.05) is 13.8 Å². The summed E-state index contributed by atoms with van der Waals surface area (Å²) in [6, 6.07) is 4.32. The second-order valence-electron chi connectivity index (χ2n) is 6.06. The third-order valence-electron chi connectivity index (χ3n) is 4.18. The average Bonchev–Trinajstić information content (AvgIpc) is 2.97.